The van der Waals surface area contributed by atoms with Crippen LogP contribution in [0.5, 0.6) is 5.88 Å². The van der Waals surface area contributed by atoms with E-state index in [1.165, 1.54) is 0 Å². The molecule has 0 aliphatic rings. The normalized spacial score (nSPS) is 11.2. The summed E-state index contributed by atoms with van der Waals surface area (Å²) >= 11 is 0. The Morgan fingerprint density at radius 1 is 1.00 bits per heavy atom. The summed E-state index contributed by atoms with van der Waals surface area (Å²) in [4.78, 5) is 14.4. The molecule has 0 bridgehead atoms. The number of rotatable bonds is 11. The van der Waals surface area contributed by atoms with Crippen molar-refractivity contribution in [1.82, 2.24) is 15.0 Å². The first-order valence-corrected chi connectivity index (χ1v) is 10.4. The Kier molecular flexibility index (Phi) is 8.64. The highest BCUT2D eigenvalue weighted by Crippen LogP contribution is 2.33. The maximum atomic E-state index is 5.56. The van der Waals surface area contributed by atoms with E-state index >= 15 is 0 Å². The number of anilines is 2. The molecule has 0 aromatic carbocycles. The second-order valence-corrected chi connectivity index (χ2v) is 7.38. The minimum atomic E-state index is 0.334. The van der Waals surface area contributed by atoms with Crippen LogP contribution < -0.4 is 15.4 Å². The molecule has 0 aliphatic carbocycles. The maximum absolute atomic E-state index is 5.56. The van der Waals surface area contributed by atoms with Crippen LogP contribution in [0, 0.1) is 6.92 Å². The number of hydrogen-bond donors (Lipinski definition) is 2. The fourth-order valence-corrected chi connectivity index (χ4v) is 3.07. The van der Waals surface area contributed by atoms with Gasteiger partial charge < -0.3 is 20.1 Å². The van der Waals surface area contributed by atoms with Crippen molar-refractivity contribution in [3.63, 3.8) is 0 Å². The topological polar surface area (TPSA) is 81.2 Å². The van der Waals surface area contributed by atoms with Gasteiger partial charge in [-0.05, 0) is 37.8 Å². The second-order valence-electron chi connectivity index (χ2n) is 7.38. The fraction of sp³-hybridized carbons (Fsp3) is 0.591. The van der Waals surface area contributed by atoms with Crippen molar-refractivity contribution in [1.29, 1.82) is 0 Å². The van der Waals surface area contributed by atoms with Crippen molar-refractivity contribution in [3.8, 4) is 17.1 Å². The molecule has 2 aromatic rings. The Balaban J connectivity index is 2.49. The molecule has 0 radical (unpaired) electrons. The molecule has 2 heterocycles. The summed E-state index contributed by atoms with van der Waals surface area (Å²) in [5, 5.41) is 6.83. The maximum Gasteiger partial charge on any atom is 0.257 e. The molecule has 7 nitrogen and oxygen atoms in total. The van der Waals surface area contributed by atoms with E-state index in [2.05, 4.69) is 44.4 Å². The third kappa shape index (κ3) is 5.79. The Bertz CT molecular complexity index is 791. The quantitative estimate of drug-likeness (QED) is 0.531. The third-order valence-corrected chi connectivity index (χ3v) is 4.92. The number of pyridine rings is 1. The average Bonchev–Trinajstić information content (AvgIpc) is 2.72. The Morgan fingerprint density at radius 2 is 1.72 bits per heavy atom. The van der Waals surface area contributed by atoms with Gasteiger partial charge in [-0.2, -0.15) is 0 Å². The highest BCUT2D eigenvalue weighted by molar-refractivity contribution is 5.75. The van der Waals surface area contributed by atoms with Crippen LogP contribution in [0.4, 0.5) is 11.6 Å². The summed E-state index contributed by atoms with van der Waals surface area (Å²) in [6.45, 7) is 11.8. The largest absolute Gasteiger partial charge is 0.478 e. The molecule has 2 rings (SSSR count). The van der Waals surface area contributed by atoms with Gasteiger partial charge in [0, 0.05) is 31.0 Å². The van der Waals surface area contributed by atoms with Gasteiger partial charge in [-0.3, -0.25) is 0 Å². The fourth-order valence-electron chi connectivity index (χ4n) is 3.07. The van der Waals surface area contributed by atoms with Gasteiger partial charge in [-0.1, -0.05) is 27.7 Å². The first-order chi connectivity index (χ1) is 13.9. The number of aryl methyl sites for hydroxylation is 1. The molecular formula is C22H35N5O2. The molecule has 2 aromatic heterocycles. The van der Waals surface area contributed by atoms with Gasteiger partial charge in [0.05, 0.1) is 25.1 Å². The number of nitrogens with one attached hydrogen (secondary N) is 2. The van der Waals surface area contributed by atoms with Gasteiger partial charge >= 0.3 is 0 Å². The molecule has 0 atom stereocenters. The zero-order valence-electron chi connectivity index (χ0n) is 18.8. The SMILES string of the molecule is CCC(CC)Nc1nc(C)c(-c2ccc(C(C)C)nc2NCCOC)nc1OC. The van der Waals surface area contributed by atoms with E-state index in [-0.39, 0.29) is 0 Å². The van der Waals surface area contributed by atoms with Crippen LogP contribution in [0.1, 0.15) is 57.8 Å². The number of ether oxygens (including phenoxy) is 2. The second kappa shape index (κ2) is 11.0. The molecule has 160 valence electrons. The molecule has 7 heteroatoms. The van der Waals surface area contributed by atoms with Crippen molar-refractivity contribution in [2.45, 2.75) is 59.4 Å². The van der Waals surface area contributed by atoms with Gasteiger partial charge in [0.2, 0.25) is 0 Å². The number of nitrogens with zero attached hydrogens (tertiary/aromatic N) is 3. The zero-order valence-corrected chi connectivity index (χ0v) is 18.8. The van der Waals surface area contributed by atoms with Crippen molar-refractivity contribution >= 4 is 11.6 Å². The van der Waals surface area contributed by atoms with Gasteiger partial charge in [-0.15, -0.1) is 0 Å². The summed E-state index contributed by atoms with van der Waals surface area (Å²) in [6, 6.07) is 4.44. The van der Waals surface area contributed by atoms with Crippen LogP contribution in [-0.2, 0) is 4.74 Å². The average molecular weight is 402 g/mol. The van der Waals surface area contributed by atoms with E-state index in [1.807, 2.05) is 13.0 Å². The van der Waals surface area contributed by atoms with E-state index in [4.69, 9.17) is 24.4 Å². The van der Waals surface area contributed by atoms with E-state index < -0.39 is 0 Å². The summed E-state index contributed by atoms with van der Waals surface area (Å²) in [5.74, 6) is 2.30. The Hall–Kier alpha value is -2.41. The predicted molar refractivity (Wildman–Crippen MR) is 119 cm³/mol. The van der Waals surface area contributed by atoms with E-state index in [0.29, 0.717) is 36.8 Å². The monoisotopic (exact) mass is 401 g/mol. The summed E-state index contributed by atoms with van der Waals surface area (Å²) < 4.78 is 10.7. The molecule has 2 N–H and O–H groups in total. The van der Waals surface area contributed by atoms with Crippen molar-refractivity contribution in [3.05, 3.63) is 23.5 Å². The molecule has 29 heavy (non-hydrogen) atoms. The lowest BCUT2D eigenvalue weighted by molar-refractivity contribution is 0.210. The molecule has 0 spiro atoms. The Labute approximate surface area is 174 Å². The molecular weight excluding hydrogens is 366 g/mol. The molecule has 0 fully saturated rings. The van der Waals surface area contributed by atoms with Crippen molar-refractivity contribution in [2.24, 2.45) is 0 Å². The molecule has 0 unspecified atom stereocenters. The molecule has 0 saturated carbocycles. The highest BCUT2D eigenvalue weighted by Gasteiger charge is 2.19. The van der Waals surface area contributed by atoms with Crippen LogP contribution in [-0.4, -0.2) is 48.4 Å². The summed E-state index contributed by atoms with van der Waals surface area (Å²) in [5.41, 5.74) is 3.52. The number of aromatic nitrogens is 3. The summed E-state index contributed by atoms with van der Waals surface area (Å²) in [6.07, 6.45) is 2.02. The third-order valence-electron chi connectivity index (χ3n) is 4.92. The first kappa shape index (κ1) is 22.9. The lowest BCUT2D eigenvalue weighted by Gasteiger charge is -2.19. The van der Waals surface area contributed by atoms with Gasteiger partial charge in [0.25, 0.3) is 5.88 Å². The summed E-state index contributed by atoms with van der Waals surface area (Å²) in [7, 11) is 3.31. The number of methoxy groups -OCH3 is 2. The van der Waals surface area contributed by atoms with Crippen LogP contribution in [0.25, 0.3) is 11.3 Å². The molecule has 0 saturated heterocycles. The minimum Gasteiger partial charge on any atom is -0.478 e. The van der Waals surface area contributed by atoms with Gasteiger partial charge in [0.15, 0.2) is 5.82 Å². The zero-order chi connectivity index (χ0) is 21.4. The van der Waals surface area contributed by atoms with Crippen LogP contribution in [0.2, 0.25) is 0 Å². The van der Waals surface area contributed by atoms with Gasteiger partial charge in [0.1, 0.15) is 5.82 Å². The number of hydrogen-bond acceptors (Lipinski definition) is 7. The highest BCUT2D eigenvalue weighted by atomic mass is 16.5. The van der Waals surface area contributed by atoms with Crippen LogP contribution >= 0.6 is 0 Å². The lowest BCUT2D eigenvalue weighted by atomic mass is 10.1. The standard InChI is InChI=1S/C22H35N5O2/c1-8-16(9-2)25-21-22(29-7)27-19(15(5)24-21)17-10-11-18(14(3)4)26-20(17)23-12-13-28-6/h10-11,14,16H,8-9,12-13H2,1-7H3,(H,23,26)(H,24,25). The predicted octanol–water partition coefficient (Wildman–Crippen LogP) is 4.64. The lowest BCUT2D eigenvalue weighted by Crippen LogP contribution is -2.19. The Morgan fingerprint density at radius 3 is 2.31 bits per heavy atom. The minimum absolute atomic E-state index is 0.334. The van der Waals surface area contributed by atoms with Crippen molar-refractivity contribution in [2.75, 3.05) is 38.0 Å². The van der Waals surface area contributed by atoms with Crippen LogP contribution in [0.15, 0.2) is 12.1 Å². The first-order valence-electron chi connectivity index (χ1n) is 10.4. The smallest absolute Gasteiger partial charge is 0.257 e. The van der Waals surface area contributed by atoms with Crippen molar-refractivity contribution < 1.29 is 9.47 Å². The van der Waals surface area contributed by atoms with E-state index in [1.54, 1.807) is 14.2 Å². The van der Waals surface area contributed by atoms with E-state index in [0.717, 1.165) is 41.3 Å². The van der Waals surface area contributed by atoms with Crippen LogP contribution in [0.3, 0.4) is 0 Å². The van der Waals surface area contributed by atoms with Gasteiger partial charge in [-0.25, -0.2) is 15.0 Å². The van der Waals surface area contributed by atoms with E-state index in [9.17, 15) is 0 Å². The molecule has 0 amide bonds. The molecule has 0 aliphatic heterocycles.